The second-order valence-corrected chi connectivity index (χ2v) is 4.05. The summed E-state index contributed by atoms with van der Waals surface area (Å²) in [6.45, 7) is 3.65. The number of nitrogens with one attached hydrogen (secondary N) is 1. The van der Waals surface area contributed by atoms with Gasteiger partial charge in [-0.25, -0.2) is 9.78 Å². The number of carboxylic acids is 1. The third kappa shape index (κ3) is 2.07. The maximum atomic E-state index is 11.2. The van der Waals surface area contributed by atoms with Crippen molar-refractivity contribution in [2.75, 3.05) is 7.11 Å². The number of methoxy groups -OCH3 is 1. The van der Waals surface area contributed by atoms with E-state index in [1.54, 1.807) is 20.1 Å². The van der Waals surface area contributed by atoms with Gasteiger partial charge in [0.15, 0.2) is 5.69 Å². The predicted octanol–water partition coefficient (Wildman–Crippen LogP) is 2.40. The van der Waals surface area contributed by atoms with Crippen molar-refractivity contribution in [3.8, 4) is 17.0 Å². The predicted molar refractivity (Wildman–Crippen MR) is 67.0 cm³/mol. The van der Waals surface area contributed by atoms with Crippen LogP contribution in [0.3, 0.4) is 0 Å². The Labute approximate surface area is 104 Å². The quantitative estimate of drug-likeness (QED) is 0.872. The molecule has 0 amide bonds. The summed E-state index contributed by atoms with van der Waals surface area (Å²) in [6.07, 6.45) is 0. The van der Waals surface area contributed by atoms with Crippen LogP contribution in [0.2, 0.25) is 0 Å². The summed E-state index contributed by atoms with van der Waals surface area (Å²) in [5.41, 5.74) is 2.18. The monoisotopic (exact) mass is 246 g/mol. The Bertz CT molecular complexity index is 602. The number of hydrogen-bond acceptors (Lipinski definition) is 3. The fraction of sp³-hybridized carbons (Fsp3) is 0.231. The smallest absolute Gasteiger partial charge is 0.354 e. The third-order valence-corrected chi connectivity index (χ3v) is 2.65. The Balaban J connectivity index is 2.68. The average Bonchev–Trinajstić information content (AvgIpc) is 2.71. The van der Waals surface area contributed by atoms with E-state index in [1.807, 2.05) is 19.1 Å². The Kier molecular flexibility index (Phi) is 3.06. The van der Waals surface area contributed by atoms with Gasteiger partial charge in [0.25, 0.3) is 0 Å². The van der Waals surface area contributed by atoms with Gasteiger partial charge in [0.05, 0.1) is 7.11 Å². The Morgan fingerprint density at radius 1 is 1.39 bits per heavy atom. The van der Waals surface area contributed by atoms with Crippen molar-refractivity contribution in [1.82, 2.24) is 9.97 Å². The van der Waals surface area contributed by atoms with E-state index in [4.69, 9.17) is 9.84 Å². The summed E-state index contributed by atoms with van der Waals surface area (Å²) in [6, 6.07) is 5.57. The summed E-state index contributed by atoms with van der Waals surface area (Å²) in [5, 5.41) is 9.16. The SMILES string of the molecule is COc1ccc(C)cc1-c1nc(C)[nH]c1C(=O)O. The van der Waals surface area contributed by atoms with Crippen LogP contribution < -0.4 is 4.74 Å². The number of aromatic amines is 1. The molecule has 0 unspecified atom stereocenters. The molecule has 18 heavy (non-hydrogen) atoms. The van der Waals surface area contributed by atoms with E-state index >= 15 is 0 Å². The zero-order chi connectivity index (χ0) is 13.3. The van der Waals surface area contributed by atoms with Gasteiger partial charge in [0.2, 0.25) is 0 Å². The third-order valence-electron chi connectivity index (χ3n) is 2.65. The molecule has 0 saturated carbocycles. The molecule has 1 aromatic heterocycles. The molecule has 5 heteroatoms. The molecule has 2 rings (SSSR count). The first-order chi connectivity index (χ1) is 8.52. The highest BCUT2D eigenvalue weighted by atomic mass is 16.5. The van der Waals surface area contributed by atoms with Crippen LogP contribution in [0.5, 0.6) is 5.75 Å². The van der Waals surface area contributed by atoms with E-state index in [-0.39, 0.29) is 5.69 Å². The van der Waals surface area contributed by atoms with Crippen molar-refractivity contribution in [1.29, 1.82) is 0 Å². The first-order valence-electron chi connectivity index (χ1n) is 5.48. The maximum absolute atomic E-state index is 11.2. The van der Waals surface area contributed by atoms with Crippen LogP contribution in [0.4, 0.5) is 0 Å². The number of carboxylic acid groups (broad SMARTS) is 1. The van der Waals surface area contributed by atoms with Gasteiger partial charge in [0, 0.05) is 5.56 Å². The molecule has 2 N–H and O–H groups in total. The van der Waals surface area contributed by atoms with Crippen LogP contribution >= 0.6 is 0 Å². The van der Waals surface area contributed by atoms with Gasteiger partial charge in [-0.1, -0.05) is 11.6 Å². The largest absolute Gasteiger partial charge is 0.496 e. The van der Waals surface area contributed by atoms with E-state index in [0.717, 1.165) is 5.56 Å². The van der Waals surface area contributed by atoms with Gasteiger partial charge in [-0.15, -0.1) is 0 Å². The number of benzene rings is 1. The average molecular weight is 246 g/mol. The molecule has 0 atom stereocenters. The number of ether oxygens (including phenoxy) is 1. The Morgan fingerprint density at radius 3 is 2.72 bits per heavy atom. The lowest BCUT2D eigenvalue weighted by molar-refractivity contribution is 0.0692. The van der Waals surface area contributed by atoms with Gasteiger partial charge in [-0.3, -0.25) is 0 Å². The highest BCUT2D eigenvalue weighted by Crippen LogP contribution is 2.31. The number of aromatic carboxylic acids is 1. The number of imidazole rings is 1. The van der Waals surface area contributed by atoms with Gasteiger partial charge in [0.1, 0.15) is 17.3 Å². The lowest BCUT2D eigenvalue weighted by atomic mass is 10.1. The summed E-state index contributed by atoms with van der Waals surface area (Å²) in [4.78, 5) is 18.2. The summed E-state index contributed by atoms with van der Waals surface area (Å²) < 4.78 is 5.25. The minimum Gasteiger partial charge on any atom is -0.496 e. The van der Waals surface area contributed by atoms with Gasteiger partial charge in [-0.05, 0) is 26.0 Å². The van der Waals surface area contributed by atoms with E-state index < -0.39 is 5.97 Å². The van der Waals surface area contributed by atoms with Crippen LogP contribution in [0, 0.1) is 13.8 Å². The lowest BCUT2D eigenvalue weighted by Crippen LogP contribution is -2.00. The summed E-state index contributed by atoms with van der Waals surface area (Å²) >= 11 is 0. The van der Waals surface area contributed by atoms with Gasteiger partial charge >= 0.3 is 5.97 Å². The van der Waals surface area contributed by atoms with Crippen molar-refractivity contribution in [3.63, 3.8) is 0 Å². The molecule has 5 nitrogen and oxygen atoms in total. The topological polar surface area (TPSA) is 75.2 Å². The molecule has 0 aliphatic rings. The molecule has 0 aliphatic carbocycles. The first kappa shape index (κ1) is 12.2. The summed E-state index contributed by atoms with van der Waals surface area (Å²) in [7, 11) is 1.55. The molecule has 1 aromatic carbocycles. The highest BCUT2D eigenvalue weighted by molar-refractivity contribution is 5.94. The molecule has 0 spiro atoms. The maximum Gasteiger partial charge on any atom is 0.354 e. The van der Waals surface area contributed by atoms with Crippen molar-refractivity contribution in [2.24, 2.45) is 0 Å². The van der Waals surface area contributed by atoms with E-state index in [9.17, 15) is 4.79 Å². The minimum absolute atomic E-state index is 0.0800. The van der Waals surface area contributed by atoms with Crippen LogP contribution in [-0.4, -0.2) is 28.2 Å². The van der Waals surface area contributed by atoms with Crippen molar-refractivity contribution < 1.29 is 14.6 Å². The zero-order valence-corrected chi connectivity index (χ0v) is 10.4. The van der Waals surface area contributed by atoms with Crippen LogP contribution in [-0.2, 0) is 0 Å². The Hall–Kier alpha value is -2.30. The van der Waals surface area contributed by atoms with E-state index in [2.05, 4.69) is 9.97 Å². The first-order valence-corrected chi connectivity index (χ1v) is 5.48. The molecule has 0 bridgehead atoms. The highest BCUT2D eigenvalue weighted by Gasteiger charge is 2.19. The summed E-state index contributed by atoms with van der Waals surface area (Å²) in [5.74, 6) is 0.134. The van der Waals surface area contributed by atoms with E-state index in [0.29, 0.717) is 22.8 Å². The van der Waals surface area contributed by atoms with Gasteiger partial charge in [-0.2, -0.15) is 0 Å². The molecule has 0 fully saturated rings. The second-order valence-electron chi connectivity index (χ2n) is 4.05. The number of nitrogens with zero attached hydrogens (tertiary/aromatic N) is 1. The molecule has 2 aromatic rings. The normalized spacial score (nSPS) is 10.4. The van der Waals surface area contributed by atoms with Gasteiger partial charge < -0.3 is 14.8 Å². The fourth-order valence-corrected chi connectivity index (χ4v) is 1.85. The van der Waals surface area contributed by atoms with Crippen LogP contribution in [0.1, 0.15) is 21.9 Å². The number of carbonyl (C=O) groups is 1. The molecule has 94 valence electrons. The number of aromatic nitrogens is 2. The fourth-order valence-electron chi connectivity index (χ4n) is 1.85. The number of H-pyrrole nitrogens is 1. The zero-order valence-electron chi connectivity index (χ0n) is 10.4. The number of hydrogen-bond donors (Lipinski definition) is 2. The molecule has 0 radical (unpaired) electrons. The molecular formula is C13H14N2O3. The molecule has 1 heterocycles. The van der Waals surface area contributed by atoms with Crippen molar-refractivity contribution in [3.05, 3.63) is 35.3 Å². The minimum atomic E-state index is -1.03. The number of aryl methyl sites for hydroxylation is 2. The van der Waals surface area contributed by atoms with Crippen LogP contribution in [0.25, 0.3) is 11.3 Å². The lowest BCUT2D eigenvalue weighted by Gasteiger charge is -2.08. The second kappa shape index (κ2) is 4.52. The molecular weight excluding hydrogens is 232 g/mol. The van der Waals surface area contributed by atoms with E-state index in [1.165, 1.54) is 0 Å². The van der Waals surface area contributed by atoms with Crippen molar-refractivity contribution in [2.45, 2.75) is 13.8 Å². The Morgan fingerprint density at radius 2 is 2.11 bits per heavy atom. The standard InChI is InChI=1S/C13H14N2O3/c1-7-4-5-10(18-3)9(6-7)11-12(13(16)17)15-8(2)14-11/h4-6H,1-3H3,(H,14,15)(H,16,17). The molecule has 0 saturated heterocycles. The van der Waals surface area contributed by atoms with Crippen LogP contribution in [0.15, 0.2) is 18.2 Å². The molecule has 0 aliphatic heterocycles. The number of rotatable bonds is 3. The van der Waals surface area contributed by atoms with Crippen molar-refractivity contribution >= 4 is 5.97 Å².